The molecular formula is C44H26O2. The lowest BCUT2D eigenvalue weighted by Crippen LogP contribution is -1.90. The van der Waals surface area contributed by atoms with Crippen LogP contribution in [0.2, 0.25) is 0 Å². The normalized spacial score (nSPS) is 11.9. The van der Waals surface area contributed by atoms with Crippen LogP contribution < -0.4 is 0 Å². The fourth-order valence-corrected chi connectivity index (χ4v) is 7.49. The molecule has 8 aromatic carbocycles. The molecule has 2 nitrogen and oxygen atoms in total. The van der Waals surface area contributed by atoms with Crippen LogP contribution in [0.25, 0.3) is 98.6 Å². The second-order valence-corrected chi connectivity index (χ2v) is 12.0. The average Bonchev–Trinajstić information content (AvgIpc) is 3.72. The van der Waals surface area contributed by atoms with Crippen LogP contribution in [-0.4, -0.2) is 0 Å². The zero-order valence-corrected chi connectivity index (χ0v) is 24.8. The molecule has 0 aliphatic carbocycles. The maximum Gasteiger partial charge on any atom is 0.146 e. The van der Waals surface area contributed by atoms with Gasteiger partial charge in [-0.2, -0.15) is 0 Å². The third kappa shape index (κ3) is 3.59. The molecule has 2 aromatic heterocycles. The SMILES string of the molecule is c1ccc(-c2c3ccccc3c(-c3cccc4c3oc3ccc5c(-c6ccc7ccccc7c6)coc5c34)c3ccccc23)cc1. The Morgan fingerprint density at radius 3 is 1.78 bits per heavy atom. The van der Waals surface area contributed by atoms with Crippen LogP contribution in [0.5, 0.6) is 0 Å². The van der Waals surface area contributed by atoms with E-state index >= 15 is 0 Å². The monoisotopic (exact) mass is 586 g/mol. The van der Waals surface area contributed by atoms with Gasteiger partial charge in [-0.1, -0.05) is 133 Å². The minimum absolute atomic E-state index is 0.823. The van der Waals surface area contributed by atoms with Gasteiger partial charge in [0.2, 0.25) is 0 Å². The van der Waals surface area contributed by atoms with Crippen LogP contribution in [0, 0.1) is 0 Å². The van der Waals surface area contributed by atoms with E-state index in [1.165, 1.54) is 49.0 Å². The van der Waals surface area contributed by atoms with E-state index < -0.39 is 0 Å². The Labute approximate surface area is 264 Å². The van der Waals surface area contributed by atoms with E-state index in [-0.39, 0.29) is 0 Å². The van der Waals surface area contributed by atoms with Gasteiger partial charge < -0.3 is 8.83 Å². The summed E-state index contributed by atoms with van der Waals surface area (Å²) in [4.78, 5) is 0. The molecule has 10 rings (SSSR count). The number of para-hydroxylation sites is 1. The fourth-order valence-electron chi connectivity index (χ4n) is 7.49. The second-order valence-electron chi connectivity index (χ2n) is 12.0. The van der Waals surface area contributed by atoms with Gasteiger partial charge in [0.15, 0.2) is 0 Å². The van der Waals surface area contributed by atoms with Gasteiger partial charge in [0.25, 0.3) is 0 Å². The predicted molar refractivity (Wildman–Crippen MR) is 192 cm³/mol. The van der Waals surface area contributed by atoms with Gasteiger partial charge >= 0.3 is 0 Å². The number of furan rings is 2. The average molecular weight is 587 g/mol. The molecule has 0 amide bonds. The quantitative estimate of drug-likeness (QED) is 0.193. The number of rotatable bonds is 3. The predicted octanol–water partition coefficient (Wildman–Crippen LogP) is 12.8. The van der Waals surface area contributed by atoms with Crippen molar-refractivity contribution in [3.05, 3.63) is 158 Å². The smallest absolute Gasteiger partial charge is 0.146 e. The van der Waals surface area contributed by atoms with Gasteiger partial charge in [-0.05, 0) is 67.2 Å². The van der Waals surface area contributed by atoms with Crippen molar-refractivity contribution in [2.24, 2.45) is 0 Å². The Kier molecular flexibility index (Phi) is 5.31. The molecule has 46 heavy (non-hydrogen) atoms. The molecule has 2 heterocycles. The highest BCUT2D eigenvalue weighted by atomic mass is 16.3. The van der Waals surface area contributed by atoms with Gasteiger partial charge in [0.05, 0.1) is 11.6 Å². The molecule has 0 spiro atoms. The number of fused-ring (bicyclic) bond motifs is 8. The molecule has 10 aromatic rings. The summed E-state index contributed by atoms with van der Waals surface area (Å²) in [5, 5.41) is 10.4. The molecule has 0 saturated heterocycles. The van der Waals surface area contributed by atoms with Crippen molar-refractivity contribution in [2.75, 3.05) is 0 Å². The molecular weight excluding hydrogens is 560 g/mol. The summed E-state index contributed by atoms with van der Waals surface area (Å²) in [6.45, 7) is 0. The van der Waals surface area contributed by atoms with Crippen LogP contribution in [0.3, 0.4) is 0 Å². The topological polar surface area (TPSA) is 26.3 Å². The Morgan fingerprint density at radius 1 is 0.370 bits per heavy atom. The summed E-state index contributed by atoms with van der Waals surface area (Å²) in [5.74, 6) is 0. The van der Waals surface area contributed by atoms with Crippen LogP contribution >= 0.6 is 0 Å². The fraction of sp³-hybridized carbons (Fsp3) is 0. The molecule has 214 valence electrons. The summed E-state index contributed by atoms with van der Waals surface area (Å²) >= 11 is 0. The largest absolute Gasteiger partial charge is 0.463 e. The minimum Gasteiger partial charge on any atom is -0.463 e. The Morgan fingerprint density at radius 2 is 1.02 bits per heavy atom. The number of hydrogen-bond acceptors (Lipinski definition) is 2. The highest BCUT2D eigenvalue weighted by molar-refractivity contribution is 6.26. The van der Waals surface area contributed by atoms with E-state index in [1.807, 2.05) is 6.26 Å². The van der Waals surface area contributed by atoms with E-state index in [9.17, 15) is 0 Å². The van der Waals surface area contributed by atoms with Gasteiger partial charge in [-0.25, -0.2) is 0 Å². The molecule has 2 heteroatoms. The number of benzene rings is 8. The lowest BCUT2D eigenvalue weighted by atomic mass is 9.85. The molecule has 0 bridgehead atoms. The zero-order valence-electron chi connectivity index (χ0n) is 24.8. The molecule has 0 N–H and O–H groups in total. The minimum atomic E-state index is 0.823. The summed E-state index contributed by atoms with van der Waals surface area (Å²) in [5.41, 5.74) is 9.50. The number of hydrogen-bond donors (Lipinski definition) is 0. The van der Waals surface area contributed by atoms with Crippen molar-refractivity contribution in [3.8, 4) is 33.4 Å². The third-order valence-corrected chi connectivity index (χ3v) is 9.52. The first-order valence-electron chi connectivity index (χ1n) is 15.7. The van der Waals surface area contributed by atoms with Gasteiger partial charge in [0, 0.05) is 27.5 Å². The lowest BCUT2D eigenvalue weighted by molar-refractivity contribution is 0.619. The first-order valence-corrected chi connectivity index (χ1v) is 15.7. The van der Waals surface area contributed by atoms with E-state index in [0.29, 0.717) is 0 Å². The maximum absolute atomic E-state index is 6.77. The molecule has 0 atom stereocenters. The third-order valence-electron chi connectivity index (χ3n) is 9.52. The van der Waals surface area contributed by atoms with Gasteiger partial charge in [0.1, 0.15) is 16.7 Å². The first kappa shape index (κ1) is 25.2. The van der Waals surface area contributed by atoms with Crippen molar-refractivity contribution in [1.82, 2.24) is 0 Å². The maximum atomic E-state index is 6.77. The standard InChI is InChI=1S/C44H26O2/c1-2-12-28(13-3-1)40-31-15-6-8-17-33(31)41(34-18-9-7-16-32(34)40)36-19-10-20-37-42-39(46-43(36)37)24-23-35-38(26-45-44(35)42)30-22-21-27-11-4-5-14-29(27)25-30/h1-26H. The molecule has 0 fully saturated rings. The zero-order chi connectivity index (χ0) is 30.2. The lowest BCUT2D eigenvalue weighted by Gasteiger charge is -2.17. The van der Waals surface area contributed by atoms with Crippen LogP contribution in [0.15, 0.2) is 167 Å². The van der Waals surface area contributed by atoms with Crippen molar-refractivity contribution in [3.63, 3.8) is 0 Å². The first-order chi connectivity index (χ1) is 22.8. The van der Waals surface area contributed by atoms with Gasteiger partial charge in [-0.3, -0.25) is 0 Å². The van der Waals surface area contributed by atoms with Crippen LogP contribution in [0.4, 0.5) is 0 Å². The Bertz CT molecular complexity index is 2740. The molecule has 0 aliphatic rings. The summed E-state index contributed by atoms with van der Waals surface area (Å²) < 4.78 is 13.2. The van der Waals surface area contributed by atoms with Crippen LogP contribution in [0.1, 0.15) is 0 Å². The summed E-state index contributed by atoms with van der Waals surface area (Å²) in [6.07, 6.45) is 1.89. The molecule has 0 unspecified atom stereocenters. The van der Waals surface area contributed by atoms with Gasteiger partial charge in [-0.15, -0.1) is 0 Å². The summed E-state index contributed by atoms with van der Waals surface area (Å²) in [7, 11) is 0. The second kappa shape index (κ2) is 9.69. The van der Waals surface area contributed by atoms with E-state index in [1.54, 1.807) is 0 Å². The molecule has 0 saturated carbocycles. The van der Waals surface area contributed by atoms with E-state index in [4.69, 9.17) is 8.83 Å². The summed E-state index contributed by atoms with van der Waals surface area (Å²) in [6, 6.07) is 54.0. The highest BCUT2D eigenvalue weighted by Crippen LogP contribution is 2.47. The van der Waals surface area contributed by atoms with Crippen LogP contribution in [-0.2, 0) is 0 Å². The van der Waals surface area contributed by atoms with E-state index in [2.05, 4.69) is 152 Å². The van der Waals surface area contributed by atoms with Crippen molar-refractivity contribution in [1.29, 1.82) is 0 Å². The highest BCUT2D eigenvalue weighted by Gasteiger charge is 2.22. The van der Waals surface area contributed by atoms with E-state index in [0.717, 1.165) is 49.6 Å². The Hall–Kier alpha value is -6.12. The molecule has 0 aliphatic heterocycles. The van der Waals surface area contributed by atoms with Crippen molar-refractivity contribution in [2.45, 2.75) is 0 Å². The van der Waals surface area contributed by atoms with Crippen molar-refractivity contribution < 1.29 is 8.83 Å². The Balaban J connectivity index is 1.25. The molecule has 0 radical (unpaired) electrons. The van der Waals surface area contributed by atoms with Crippen molar-refractivity contribution >= 4 is 65.2 Å².